The predicted molar refractivity (Wildman–Crippen MR) is 84.1 cm³/mol. The van der Waals surface area contributed by atoms with Crippen LogP contribution in [-0.4, -0.2) is 14.8 Å². The molecule has 0 N–H and O–H groups in total. The van der Waals surface area contributed by atoms with Crippen molar-refractivity contribution < 1.29 is 4.42 Å². The second-order valence-electron chi connectivity index (χ2n) is 4.59. The van der Waals surface area contributed by atoms with E-state index in [0.29, 0.717) is 17.1 Å². The summed E-state index contributed by atoms with van der Waals surface area (Å²) in [6.07, 6.45) is 1.62. The zero-order chi connectivity index (χ0) is 15.4. The first-order valence-electron chi connectivity index (χ1n) is 6.91. The maximum atomic E-state index is 9.14. The van der Waals surface area contributed by atoms with Crippen LogP contribution in [0.2, 0.25) is 0 Å². The van der Waals surface area contributed by atoms with Crippen molar-refractivity contribution in [1.82, 2.24) is 14.8 Å². The molecule has 0 unspecified atom stereocenters. The van der Waals surface area contributed by atoms with Crippen molar-refractivity contribution in [3.05, 3.63) is 53.8 Å². The molecule has 22 heavy (non-hydrogen) atoms. The van der Waals surface area contributed by atoms with Crippen LogP contribution in [0, 0.1) is 11.3 Å². The van der Waals surface area contributed by atoms with E-state index in [1.807, 2.05) is 47.9 Å². The Morgan fingerprint density at radius 3 is 2.82 bits per heavy atom. The summed E-state index contributed by atoms with van der Waals surface area (Å²) < 4.78 is 7.41. The number of rotatable bonds is 5. The Hall–Kier alpha value is -2.52. The Labute approximate surface area is 132 Å². The van der Waals surface area contributed by atoms with Crippen molar-refractivity contribution >= 4 is 11.8 Å². The number of furan rings is 1. The van der Waals surface area contributed by atoms with E-state index in [9.17, 15) is 0 Å². The highest BCUT2D eigenvalue weighted by atomic mass is 32.2. The van der Waals surface area contributed by atoms with E-state index in [1.54, 1.807) is 18.0 Å². The number of nitrogens with zero attached hydrogens (tertiary/aromatic N) is 4. The molecule has 0 fully saturated rings. The van der Waals surface area contributed by atoms with Crippen LogP contribution in [0.1, 0.15) is 18.1 Å². The third-order valence-corrected chi connectivity index (χ3v) is 4.28. The average Bonchev–Trinajstić information content (AvgIpc) is 3.21. The van der Waals surface area contributed by atoms with Gasteiger partial charge in [0.2, 0.25) is 0 Å². The zero-order valence-corrected chi connectivity index (χ0v) is 12.9. The molecule has 0 radical (unpaired) electrons. The quantitative estimate of drug-likeness (QED) is 0.672. The van der Waals surface area contributed by atoms with Crippen molar-refractivity contribution in [2.75, 3.05) is 0 Å². The summed E-state index contributed by atoms with van der Waals surface area (Å²) in [5.74, 6) is 2.11. The topological polar surface area (TPSA) is 67.6 Å². The van der Waals surface area contributed by atoms with E-state index >= 15 is 0 Å². The van der Waals surface area contributed by atoms with E-state index in [2.05, 4.69) is 16.3 Å². The molecule has 1 aromatic carbocycles. The highest BCUT2D eigenvalue weighted by Gasteiger charge is 2.15. The Kier molecular flexibility index (Phi) is 4.26. The van der Waals surface area contributed by atoms with E-state index in [0.717, 1.165) is 23.1 Å². The summed E-state index contributed by atoms with van der Waals surface area (Å²) in [5, 5.41) is 18.4. The minimum atomic E-state index is 0.681. The molecule has 5 nitrogen and oxygen atoms in total. The van der Waals surface area contributed by atoms with Gasteiger partial charge in [-0.25, -0.2) is 0 Å². The van der Waals surface area contributed by atoms with Gasteiger partial charge >= 0.3 is 0 Å². The minimum Gasteiger partial charge on any atom is -0.461 e. The fourth-order valence-electron chi connectivity index (χ4n) is 2.17. The van der Waals surface area contributed by atoms with Gasteiger partial charge in [0.1, 0.15) is 0 Å². The third kappa shape index (κ3) is 2.76. The van der Waals surface area contributed by atoms with Gasteiger partial charge in [-0.3, -0.25) is 4.57 Å². The predicted octanol–water partition coefficient (Wildman–Crippen LogP) is 3.72. The first-order chi connectivity index (χ1) is 10.8. The normalized spacial score (nSPS) is 10.5. The Balaban J connectivity index is 1.83. The Bertz CT molecular complexity index is 802. The molecule has 0 aliphatic carbocycles. The molecule has 6 heteroatoms. The lowest BCUT2D eigenvalue weighted by Gasteiger charge is -2.06. The highest BCUT2D eigenvalue weighted by molar-refractivity contribution is 7.98. The summed E-state index contributed by atoms with van der Waals surface area (Å²) in [6, 6.07) is 13.5. The fraction of sp³-hybridized carbons (Fsp3) is 0.188. The van der Waals surface area contributed by atoms with Gasteiger partial charge in [-0.05, 0) is 30.7 Å². The molecule has 0 amide bonds. The highest BCUT2D eigenvalue weighted by Crippen LogP contribution is 2.27. The van der Waals surface area contributed by atoms with Gasteiger partial charge in [-0.1, -0.05) is 30.0 Å². The van der Waals surface area contributed by atoms with Crippen molar-refractivity contribution in [3.63, 3.8) is 0 Å². The van der Waals surface area contributed by atoms with E-state index in [1.165, 1.54) is 0 Å². The summed E-state index contributed by atoms with van der Waals surface area (Å²) in [6.45, 7) is 2.80. The van der Waals surface area contributed by atoms with Crippen molar-refractivity contribution in [2.24, 2.45) is 0 Å². The summed E-state index contributed by atoms with van der Waals surface area (Å²) in [4.78, 5) is 0. The molecule has 0 bridgehead atoms. The van der Waals surface area contributed by atoms with Gasteiger partial charge in [0, 0.05) is 12.3 Å². The minimum absolute atomic E-state index is 0.681. The van der Waals surface area contributed by atoms with Gasteiger partial charge in [-0.2, -0.15) is 5.26 Å². The van der Waals surface area contributed by atoms with E-state index < -0.39 is 0 Å². The van der Waals surface area contributed by atoms with Crippen molar-refractivity contribution in [1.29, 1.82) is 5.26 Å². The lowest BCUT2D eigenvalue weighted by molar-refractivity contribution is 0.567. The molecule has 0 atom stereocenters. The molecule has 2 heterocycles. The lowest BCUT2D eigenvalue weighted by Crippen LogP contribution is -1.99. The van der Waals surface area contributed by atoms with Gasteiger partial charge in [0.15, 0.2) is 16.7 Å². The molecule has 0 saturated carbocycles. The van der Waals surface area contributed by atoms with Crippen LogP contribution in [-0.2, 0) is 12.3 Å². The standard InChI is InChI=1S/C16H14N4OS/c1-2-20-15(14-8-5-9-21-14)18-19-16(20)22-11-13-7-4-3-6-12(13)10-17/h3-9H,2,11H2,1H3. The van der Waals surface area contributed by atoms with Crippen LogP contribution in [0.15, 0.2) is 52.2 Å². The number of hydrogen-bond acceptors (Lipinski definition) is 5. The number of aromatic nitrogens is 3. The largest absolute Gasteiger partial charge is 0.461 e. The van der Waals surface area contributed by atoms with E-state index in [4.69, 9.17) is 9.68 Å². The second kappa shape index (κ2) is 6.50. The molecule has 3 rings (SSSR count). The molecule has 0 aliphatic rings. The van der Waals surface area contributed by atoms with Gasteiger partial charge < -0.3 is 4.42 Å². The van der Waals surface area contributed by atoms with Gasteiger partial charge in [-0.15, -0.1) is 10.2 Å². The Morgan fingerprint density at radius 2 is 2.09 bits per heavy atom. The summed E-state index contributed by atoms with van der Waals surface area (Å²) in [5.41, 5.74) is 1.70. The van der Waals surface area contributed by atoms with Crippen molar-refractivity contribution in [3.8, 4) is 17.7 Å². The lowest BCUT2D eigenvalue weighted by atomic mass is 10.1. The molecular weight excluding hydrogens is 296 g/mol. The Morgan fingerprint density at radius 1 is 1.23 bits per heavy atom. The first kappa shape index (κ1) is 14.4. The van der Waals surface area contributed by atoms with Gasteiger partial charge in [0.05, 0.1) is 17.9 Å². The molecule has 0 aliphatic heterocycles. The van der Waals surface area contributed by atoms with Crippen LogP contribution in [0.3, 0.4) is 0 Å². The number of hydrogen-bond donors (Lipinski definition) is 0. The van der Waals surface area contributed by atoms with Crippen molar-refractivity contribution in [2.45, 2.75) is 24.4 Å². The third-order valence-electron chi connectivity index (χ3n) is 3.27. The number of benzene rings is 1. The molecule has 3 aromatic rings. The monoisotopic (exact) mass is 310 g/mol. The molecule has 0 saturated heterocycles. The van der Waals surface area contributed by atoms with Crippen LogP contribution in [0.25, 0.3) is 11.6 Å². The maximum absolute atomic E-state index is 9.14. The van der Waals surface area contributed by atoms with Crippen LogP contribution < -0.4 is 0 Å². The smallest absolute Gasteiger partial charge is 0.200 e. The second-order valence-corrected chi connectivity index (χ2v) is 5.53. The molecule has 2 aromatic heterocycles. The summed E-state index contributed by atoms with van der Waals surface area (Å²) >= 11 is 1.57. The fourth-order valence-corrected chi connectivity index (χ4v) is 3.17. The SMILES string of the molecule is CCn1c(SCc2ccccc2C#N)nnc1-c1ccco1. The van der Waals surface area contributed by atoms with Crippen LogP contribution in [0.5, 0.6) is 0 Å². The molecular formula is C16H14N4OS. The van der Waals surface area contributed by atoms with Crippen LogP contribution in [0.4, 0.5) is 0 Å². The van der Waals surface area contributed by atoms with Gasteiger partial charge in [0.25, 0.3) is 0 Å². The zero-order valence-electron chi connectivity index (χ0n) is 12.1. The van der Waals surface area contributed by atoms with E-state index in [-0.39, 0.29) is 0 Å². The number of thioether (sulfide) groups is 1. The number of nitriles is 1. The molecule has 110 valence electrons. The van der Waals surface area contributed by atoms with Crippen LogP contribution >= 0.6 is 11.8 Å². The summed E-state index contributed by atoms with van der Waals surface area (Å²) in [7, 11) is 0. The molecule has 0 spiro atoms. The first-order valence-corrected chi connectivity index (χ1v) is 7.90. The maximum Gasteiger partial charge on any atom is 0.200 e. The average molecular weight is 310 g/mol.